The predicted octanol–water partition coefficient (Wildman–Crippen LogP) is 1.25. The van der Waals surface area contributed by atoms with Crippen molar-refractivity contribution in [3.05, 3.63) is 16.1 Å². The lowest BCUT2D eigenvalue weighted by Crippen LogP contribution is -2.54. The Labute approximate surface area is 148 Å². The molecule has 6 nitrogen and oxygen atoms in total. The van der Waals surface area contributed by atoms with E-state index in [-0.39, 0.29) is 18.1 Å². The van der Waals surface area contributed by atoms with Crippen LogP contribution in [-0.2, 0) is 16.1 Å². The lowest BCUT2D eigenvalue weighted by Gasteiger charge is -2.37. The first-order chi connectivity index (χ1) is 11.6. The Morgan fingerprint density at radius 1 is 1.46 bits per heavy atom. The Kier molecular flexibility index (Phi) is 6.21. The molecule has 1 amide bonds. The minimum absolute atomic E-state index is 0.0740. The number of nitrogens with zero attached hydrogens (tertiary/aromatic N) is 3. The molecule has 1 N–H and O–H groups in total. The van der Waals surface area contributed by atoms with Gasteiger partial charge in [-0.3, -0.25) is 14.6 Å². The number of thiazole rings is 1. The van der Waals surface area contributed by atoms with Crippen LogP contribution in [0, 0.1) is 6.92 Å². The number of carbonyl (C=O) groups excluding carboxylic acids is 1. The van der Waals surface area contributed by atoms with Crippen molar-refractivity contribution in [2.24, 2.45) is 0 Å². The van der Waals surface area contributed by atoms with Crippen LogP contribution in [0.2, 0.25) is 0 Å². The molecule has 0 aromatic carbocycles. The van der Waals surface area contributed by atoms with Crippen molar-refractivity contribution in [3.63, 3.8) is 0 Å². The molecule has 0 unspecified atom stereocenters. The van der Waals surface area contributed by atoms with E-state index < -0.39 is 0 Å². The third-order valence-corrected chi connectivity index (χ3v) is 5.74. The molecule has 0 radical (unpaired) electrons. The van der Waals surface area contributed by atoms with Gasteiger partial charge in [0.2, 0.25) is 5.91 Å². The molecule has 3 heterocycles. The minimum Gasteiger partial charge on any atom is -0.376 e. The van der Waals surface area contributed by atoms with Crippen LogP contribution in [0.25, 0.3) is 0 Å². The Balaban J connectivity index is 1.39. The third kappa shape index (κ3) is 4.75. The molecule has 2 saturated heterocycles. The summed E-state index contributed by atoms with van der Waals surface area (Å²) in [5, 5.41) is 6.31. The van der Waals surface area contributed by atoms with Gasteiger partial charge in [-0.25, -0.2) is 4.98 Å². The first kappa shape index (κ1) is 17.8. The number of amides is 1. The maximum Gasteiger partial charge on any atom is 0.237 e. The van der Waals surface area contributed by atoms with E-state index in [2.05, 4.69) is 25.5 Å². The number of aryl methyl sites for hydroxylation is 1. The molecule has 2 atom stereocenters. The normalized spacial score (nSPS) is 24.2. The van der Waals surface area contributed by atoms with E-state index in [0.717, 1.165) is 62.9 Å². The van der Waals surface area contributed by atoms with Crippen molar-refractivity contribution < 1.29 is 9.53 Å². The van der Waals surface area contributed by atoms with Crippen LogP contribution in [0.15, 0.2) is 5.38 Å². The van der Waals surface area contributed by atoms with E-state index in [9.17, 15) is 4.79 Å². The minimum atomic E-state index is -0.0740. The number of aromatic nitrogens is 1. The van der Waals surface area contributed by atoms with Gasteiger partial charge in [0, 0.05) is 51.3 Å². The molecule has 0 spiro atoms. The monoisotopic (exact) mass is 352 g/mol. The fourth-order valence-electron chi connectivity index (χ4n) is 3.35. The summed E-state index contributed by atoms with van der Waals surface area (Å²) in [6.07, 6.45) is 2.37. The number of carbonyl (C=O) groups is 1. The SMILES string of the molecule is Cc1nc(CN2CCN([C@@H](C)C(=O)NC[C@H]3CCCO3)CC2)cs1. The first-order valence-corrected chi connectivity index (χ1v) is 9.76. The fraction of sp³-hybridized carbons (Fsp3) is 0.765. The van der Waals surface area contributed by atoms with E-state index in [1.807, 2.05) is 13.8 Å². The summed E-state index contributed by atoms with van der Waals surface area (Å²) in [5.74, 6) is 0.120. The lowest BCUT2D eigenvalue weighted by molar-refractivity contribution is -0.127. The third-order valence-electron chi connectivity index (χ3n) is 4.91. The molecule has 0 aliphatic carbocycles. The van der Waals surface area contributed by atoms with E-state index >= 15 is 0 Å². The Hall–Kier alpha value is -1.02. The molecule has 7 heteroatoms. The van der Waals surface area contributed by atoms with Gasteiger partial charge in [-0.2, -0.15) is 0 Å². The highest BCUT2D eigenvalue weighted by Crippen LogP contribution is 2.14. The quantitative estimate of drug-likeness (QED) is 0.835. The number of hydrogen-bond donors (Lipinski definition) is 1. The summed E-state index contributed by atoms with van der Waals surface area (Å²) in [7, 11) is 0. The van der Waals surface area contributed by atoms with Gasteiger partial charge in [0.1, 0.15) is 0 Å². The maximum absolute atomic E-state index is 12.3. The predicted molar refractivity (Wildman–Crippen MR) is 95.1 cm³/mol. The van der Waals surface area contributed by atoms with Crippen molar-refractivity contribution in [3.8, 4) is 0 Å². The molecular formula is C17H28N4O2S. The van der Waals surface area contributed by atoms with Crippen LogP contribution in [0.5, 0.6) is 0 Å². The van der Waals surface area contributed by atoms with Crippen molar-refractivity contribution in [2.75, 3.05) is 39.3 Å². The molecule has 134 valence electrons. The van der Waals surface area contributed by atoms with E-state index in [4.69, 9.17) is 4.74 Å². The van der Waals surface area contributed by atoms with Crippen LogP contribution >= 0.6 is 11.3 Å². The largest absolute Gasteiger partial charge is 0.376 e. The van der Waals surface area contributed by atoms with Gasteiger partial charge in [-0.15, -0.1) is 11.3 Å². The number of ether oxygens (including phenoxy) is 1. The summed E-state index contributed by atoms with van der Waals surface area (Å²) >= 11 is 1.71. The fourth-order valence-corrected chi connectivity index (χ4v) is 3.96. The molecular weight excluding hydrogens is 324 g/mol. The highest BCUT2D eigenvalue weighted by molar-refractivity contribution is 7.09. The van der Waals surface area contributed by atoms with Gasteiger partial charge in [0.15, 0.2) is 0 Å². The summed E-state index contributed by atoms with van der Waals surface area (Å²) in [6.45, 7) is 10.3. The topological polar surface area (TPSA) is 57.7 Å². The van der Waals surface area contributed by atoms with Crippen LogP contribution in [0.3, 0.4) is 0 Å². The van der Waals surface area contributed by atoms with Crippen LogP contribution in [0.1, 0.15) is 30.5 Å². The summed E-state index contributed by atoms with van der Waals surface area (Å²) in [4.78, 5) is 21.6. The van der Waals surface area contributed by atoms with E-state index in [1.54, 1.807) is 11.3 Å². The molecule has 1 aromatic rings. The Bertz CT molecular complexity index is 536. The lowest BCUT2D eigenvalue weighted by atomic mass is 10.2. The van der Waals surface area contributed by atoms with E-state index in [1.165, 1.54) is 0 Å². The van der Waals surface area contributed by atoms with Gasteiger partial charge in [-0.1, -0.05) is 0 Å². The van der Waals surface area contributed by atoms with Crippen molar-refractivity contribution in [1.29, 1.82) is 0 Å². The Morgan fingerprint density at radius 3 is 2.88 bits per heavy atom. The molecule has 2 aliphatic heterocycles. The molecule has 0 saturated carbocycles. The average molecular weight is 353 g/mol. The summed E-state index contributed by atoms with van der Waals surface area (Å²) in [6, 6.07) is -0.0740. The molecule has 2 aliphatic rings. The summed E-state index contributed by atoms with van der Waals surface area (Å²) in [5.41, 5.74) is 1.16. The first-order valence-electron chi connectivity index (χ1n) is 8.88. The number of nitrogens with one attached hydrogen (secondary N) is 1. The molecule has 24 heavy (non-hydrogen) atoms. The van der Waals surface area contributed by atoms with E-state index in [0.29, 0.717) is 6.54 Å². The van der Waals surface area contributed by atoms with Crippen molar-refractivity contribution >= 4 is 17.2 Å². The number of piperazine rings is 1. The van der Waals surface area contributed by atoms with Gasteiger partial charge >= 0.3 is 0 Å². The zero-order valence-electron chi connectivity index (χ0n) is 14.7. The standard InChI is InChI=1S/C17H28N4O2S/c1-13(17(22)18-10-16-4-3-9-23-16)21-7-5-20(6-8-21)11-15-12-24-14(2)19-15/h12-13,16H,3-11H2,1-2H3,(H,18,22)/t13-,16+/m0/s1. The zero-order valence-corrected chi connectivity index (χ0v) is 15.5. The van der Waals surface area contributed by atoms with Crippen LogP contribution < -0.4 is 5.32 Å². The number of hydrogen-bond acceptors (Lipinski definition) is 6. The second kappa shape index (κ2) is 8.38. The number of rotatable bonds is 6. The molecule has 2 fully saturated rings. The summed E-state index contributed by atoms with van der Waals surface area (Å²) < 4.78 is 5.56. The van der Waals surface area contributed by atoms with Gasteiger partial charge in [-0.05, 0) is 26.7 Å². The van der Waals surface area contributed by atoms with Crippen LogP contribution in [-0.4, -0.2) is 72.2 Å². The Morgan fingerprint density at radius 2 is 2.25 bits per heavy atom. The van der Waals surface area contributed by atoms with Crippen molar-refractivity contribution in [1.82, 2.24) is 20.1 Å². The van der Waals surface area contributed by atoms with Crippen LogP contribution in [0.4, 0.5) is 0 Å². The molecule has 0 bridgehead atoms. The highest BCUT2D eigenvalue weighted by atomic mass is 32.1. The van der Waals surface area contributed by atoms with Crippen molar-refractivity contribution in [2.45, 2.75) is 45.4 Å². The second-order valence-corrected chi connectivity index (χ2v) is 7.79. The molecule has 1 aromatic heterocycles. The maximum atomic E-state index is 12.3. The average Bonchev–Trinajstić information content (AvgIpc) is 3.24. The molecule has 3 rings (SSSR count). The highest BCUT2D eigenvalue weighted by Gasteiger charge is 2.26. The zero-order chi connectivity index (χ0) is 16.9. The second-order valence-electron chi connectivity index (χ2n) is 6.73. The van der Waals surface area contributed by atoms with Gasteiger partial charge in [0.05, 0.1) is 22.8 Å². The van der Waals surface area contributed by atoms with Gasteiger partial charge in [0.25, 0.3) is 0 Å². The van der Waals surface area contributed by atoms with Gasteiger partial charge < -0.3 is 10.1 Å². The smallest absolute Gasteiger partial charge is 0.237 e.